The lowest BCUT2D eigenvalue weighted by atomic mass is 9.99. The Kier molecular flexibility index (Phi) is 4.21. The van der Waals surface area contributed by atoms with Gasteiger partial charge in [-0.25, -0.2) is 0 Å². The Morgan fingerprint density at radius 1 is 0.857 bits per heavy atom. The maximum Gasteiger partial charge on any atom is 0.140 e. The summed E-state index contributed by atoms with van der Waals surface area (Å²) in [5, 5.41) is 2.25. The first-order valence-electron chi connectivity index (χ1n) is 9.64. The molecule has 4 aromatic rings. The Balaban J connectivity index is 1.26. The van der Waals surface area contributed by atoms with Crippen LogP contribution in [-0.4, -0.2) is 15.8 Å². The van der Waals surface area contributed by atoms with E-state index in [9.17, 15) is 4.79 Å². The van der Waals surface area contributed by atoms with E-state index in [2.05, 4.69) is 46.4 Å². The molecule has 0 radical (unpaired) electrons. The van der Waals surface area contributed by atoms with Gasteiger partial charge in [0, 0.05) is 42.5 Å². The van der Waals surface area contributed by atoms with Gasteiger partial charge in [-0.05, 0) is 52.1 Å². The number of aromatic nitrogens is 2. The van der Waals surface area contributed by atoms with Gasteiger partial charge in [0.15, 0.2) is 0 Å². The summed E-state index contributed by atoms with van der Waals surface area (Å²) in [6.45, 7) is 0. The summed E-state index contributed by atoms with van der Waals surface area (Å²) in [5.41, 5.74) is 4.62. The van der Waals surface area contributed by atoms with Crippen LogP contribution in [0.15, 0.2) is 85.5 Å². The highest BCUT2D eigenvalue weighted by atomic mass is 16.1. The van der Waals surface area contributed by atoms with Crippen LogP contribution < -0.4 is 0 Å². The summed E-state index contributed by atoms with van der Waals surface area (Å²) >= 11 is 0. The molecule has 0 bridgehead atoms. The molecule has 0 amide bonds. The van der Waals surface area contributed by atoms with Crippen molar-refractivity contribution in [3.8, 4) is 11.1 Å². The average molecular weight is 364 g/mol. The fourth-order valence-electron chi connectivity index (χ4n) is 3.95. The highest BCUT2D eigenvalue weighted by Crippen LogP contribution is 2.48. The minimum atomic E-state index is 0.150. The van der Waals surface area contributed by atoms with Gasteiger partial charge in [-0.15, -0.1) is 0 Å². The zero-order chi connectivity index (χ0) is 18.9. The molecule has 1 saturated carbocycles. The van der Waals surface area contributed by atoms with Crippen molar-refractivity contribution >= 4 is 16.6 Å². The number of hydrogen-bond donors (Lipinski definition) is 0. The van der Waals surface area contributed by atoms with E-state index in [1.165, 1.54) is 5.56 Å². The molecule has 0 saturated heterocycles. The molecule has 2 heterocycles. The number of hydrogen-bond acceptors (Lipinski definition) is 3. The third-order valence-corrected chi connectivity index (χ3v) is 5.62. The minimum Gasteiger partial charge on any atom is -0.299 e. The highest BCUT2D eigenvalue weighted by Gasteiger charge is 2.43. The number of carbonyl (C=O) groups excluding carboxylic acids is 1. The SMILES string of the molecule is O=C(Cc1ccc2cnccc2c1)[C@@H]1C[C@H]1c1ccc(-c2cccnc2)cc1. The predicted octanol–water partition coefficient (Wildman–Crippen LogP) is 5.21. The number of pyridine rings is 2. The van der Waals surface area contributed by atoms with E-state index in [1.54, 1.807) is 12.4 Å². The summed E-state index contributed by atoms with van der Waals surface area (Å²) in [7, 11) is 0. The number of nitrogens with zero attached hydrogens (tertiary/aromatic N) is 2. The first kappa shape index (κ1) is 16.8. The van der Waals surface area contributed by atoms with Crippen molar-refractivity contribution in [1.82, 2.24) is 9.97 Å². The molecule has 0 unspecified atom stereocenters. The van der Waals surface area contributed by atoms with Crippen LogP contribution in [0.4, 0.5) is 0 Å². The molecule has 0 spiro atoms. The zero-order valence-corrected chi connectivity index (χ0v) is 15.5. The second-order valence-corrected chi connectivity index (χ2v) is 7.51. The smallest absolute Gasteiger partial charge is 0.140 e. The van der Waals surface area contributed by atoms with Crippen LogP contribution in [0.5, 0.6) is 0 Å². The average Bonchev–Trinajstić information content (AvgIpc) is 3.56. The van der Waals surface area contributed by atoms with Gasteiger partial charge in [-0.3, -0.25) is 14.8 Å². The second kappa shape index (κ2) is 7.01. The number of ketones is 1. The summed E-state index contributed by atoms with van der Waals surface area (Å²) in [6.07, 6.45) is 8.77. The Morgan fingerprint density at radius 2 is 1.71 bits per heavy atom. The van der Waals surface area contributed by atoms with Crippen molar-refractivity contribution in [3.05, 3.63) is 96.6 Å². The molecule has 1 aliphatic carbocycles. The third-order valence-electron chi connectivity index (χ3n) is 5.62. The molecule has 28 heavy (non-hydrogen) atoms. The quantitative estimate of drug-likeness (QED) is 0.488. The van der Waals surface area contributed by atoms with Crippen LogP contribution in [0.1, 0.15) is 23.5 Å². The van der Waals surface area contributed by atoms with Gasteiger partial charge in [-0.2, -0.15) is 0 Å². The molecule has 0 aliphatic heterocycles. The number of rotatable bonds is 5. The molecule has 1 aliphatic rings. The maximum atomic E-state index is 12.8. The van der Waals surface area contributed by atoms with Crippen LogP contribution in [-0.2, 0) is 11.2 Å². The van der Waals surface area contributed by atoms with Crippen LogP contribution in [0.2, 0.25) is 0 Å². The van der Waals surface area contributed by atoms with Gasteiger partial charge in [0.2, 0.25) is 0 Å². The molecule has 3 nitrogen and oxygen atoms in total. The van der Waals surface area contributed by atoms with E-state index in [-0.39, 0.29) is 5.92 Å². The van der Waals surface area contributed by atoms with Crippen molar-refractivity contribution in [1.29, 1.82) is 0 Å². The number of carbonyl (C=O) groups is 1. The second-order valence-electron chi connectivity index (χ2n) is 7.51. The van der Waals surface area contributed by atoms with Crippen molar-refractivity contribution in [2.45, 2.75) is 18.8 Å². The topological polar surface area (TPSA) is 42.9 Å². The normalized spacial score (nSPS) is 18.1. The van der Waals surface area contributed by atoms with Gasteiger partial charge in [-0.1, -0.05) is 48.5 Å². The standard InChI is InChI=1S/C25H20N2O/c28-25(13-17-3-4-22-16-27-11-9-20(22)12-17)24-14-23(24)19-7-5-18(6-8-19)21-2-1-10-26-15-21/h1-12,15-16,23-24H,13-14H2/t23-,24+/m0/s1. The lowest BCUT2D eigenvalue weighted by Gasteiger charge is -2.05. The summed E-state index contributed by atoms with van der Waals surface area (Å²) in [6, 6.07) is 20.8. The van der Waals surface area contributed by atoms with Crippen molar-refractivity contribution in [2.24, 2.45) is 5.92 Å². The van der Waals surface area contributed by atoms with Gasteiger partial charge in [0.25, 0.3) is 0 Å². The predicted molar refractivity (Wildman–Crippen MR) is 111 cm³/mol. The molecular formula is C25H20N2O. The lowest BCUT2D eigenvalue weighted by Crippen LogP contribution is -2.06. The van der Waals surface area contributed by atoms with E-state index in [0.717, 1.165) is 33.9 Å². The van der Waals surface area contributed by atoms with Gasteiger partial charge in [0.05, 0.1) is 0 Å². The third kappa shape index (κ3) is 3.31. The van der Waals surface area contributed by atoms with Crippen LogP contribution in [0, 0.1) is 5.92 Å². The van der Waals surface area contributed by atoms with Crippen LogP contribution in [0.3, 0.4) is 0 Å². The van der Waals surface area contributed by atoms with Crippen LogP contribution in [0.25, 0.3) is 21.9 Å². The monoisotopic (exact) mass is 364 g/mol. The molecule has 1 fully saturated rings. The van der Waals surface area contributed by atoms with Crippen LogP contribution >= 0.6 is 0 Å². The fraction of sp³-hybridized carbons (Fsp3) is 0.160. The molecular weight excluding hydrogens is 344 g/mol. The Bertz CT molecular complexity index is 1140. The molecule has 2 atom stereocenters. The van der Waals surface area contributed by atoms with Crippen molar-refractivity contribution in [2.75, 3.05) is 0 Å². The molecule has 2 aromatic heterocycles. The Morgan fingerprint density at radius 3 is 2.54 bits per heavy atom. The minimum absolute atomic E-state index is 0.150. The van der Waals surface area contributed by atoms with Gasteiger partial charge in [0.1, 0.15) is 5.78 Å². The van der Waals surface area contributed by atoms with Crippen molar-refractivity contribution < 1.29 is 4.79 Å². The van der Waals surface area contributed by atoms with E-state index in [0.29, 0.717) is 18.1 Å². The maximum absolute atomic E-state index is 12.8. The van der Waals surface area contributed by atoms with Gasteiger partial charge >= 0.3 is 0 Å². The first-order valence-corrected chi connectivity index (χ1v) is 9.64. The molecule has 0 N–H and O–H groups in total. The largest absolute Gasteiger partial charge is 0.299 e. The molecule has 136 valence electrons. The number of fused-ring (bicyclic) bond motifs is 1. The number of benzene rings is 2. The Labute approximate surface area is 164 Å². The van der Waals surface area contributed by atoms with E-state index < -0.39 is 0 Å². The number of Topliss-reactive ketones (excluding diaryl/α,β-unsaturated/α-hetero) is 1. The highest BCUT2D eigenvalue weighted by molar-refractivity contribution is 5.89. The van der Waals surface area contributed by atoms with E-state index in [4.69, 9.17) is 0 Å². The first-order chi connectivity index (χ1) is 13.8. The molecule has 2 aromatic carbocycles. The Hall–Kier alpha value is -3.33. The van der Waals surface area contributed by atoms with Gasteiger partial charge < -0.3 is 0 Å². The fourth-order valence-corrected chi connectivity index (χ4v) is 3.95. The van der Waals surface area contributed by atoms with E-state index in [1.807, 2.05) is 36.7 Å². The zero-order valence-electron chi connectivity index (χ0n) is 15.5. The summed E-state index contributed by atoms with van der Waals surface area (Å²) in [4.78, 5) is 21.1. The molecule has 5 rings (SSSR count). The summed E-state index contributed by atoms with van der Waals surface area (Å²) in [5.74, 6) is 0.854. The van der Waals surface area contributed by atoms with E-state index >= 15 is 0 Å². The molecule has 3 heteroatoms. The summed E-state index contributed by atoms with van der Waals surface area (Å²) < 4.78 is 0. The van der Waals surface area contributed by atoms with Crippen molar-refractivity contribution in [3.63, 3.8) is 0 Å². The lowest BCUT2D eigenvalue weighted by molar-refractivity contribution is -0.119.